The van der Waals surface area contributed by atoms with Crippen LogP contribution < -0.4 is 10.2 Å². The van der Waals surface area contributed by atoms with Gasteiger partial charge in [-0.1, -0.05) is 28.1 Å². The second-order valence-corrected chi connectivity index (χ2v) is 7.04. The molecule has 0 spiro atoms. The summed E-state index contributed by atoms with van der Waals surface area (Å²) in [6.45, 7) is 4.45. The van der Waals surface area contributed by atoms with E-state index in [2.05, 4.69) is 21.2 Å². The largest absolute Gasteiger partial charge is 0.326 e. The molecule has 1 saturated heterocycles. The number of hydrogen-bond donors (Lipinski definition) is 1. The molecular weight excluding hydrogens is 368 g/mol. The van der Waals surface area contributed by atoms with Crippen molar-refractivity contribution in [2.24, 2.45) is 5.92 Å². The van der Waals surface area contributed by atoms with Crippen LogP contribution >= 0.6 is 15.9 Å². The van der Waals surface area contributed by atoms with Crippen LogP contribution in [0.2, 0.25) is 0 Å². The zero-order valence-electron chi connectivity index (χ0n) is 13.7. The summed E-state index contributed by atoms with van der Waals surface area (Å²) in [6, 6.07) is 13.3. The fourth-order valence-electron chi connectivity index (χ4n) is 2.92. The van der Waals surface area contributed by atoms with Gasteiger partial charge in [0, 0.05) is 28.8 Å². The lowest BCUT2D eigenvalue weighted by atomic mass is 10.1. The Labute approximate surface area is 150 Å². The number of amides is 2. The number of carbonyl (C=O) groups excluding carboxylic acids is 2. The van der Waals surface area contributed by atoms with E-state index < -0.39 is 0 Å². The summed E-state index contributed by atoms with van der Waals surface area (Å²) in [6.07, 6.45) is 0.246. The number of hydrogen-bond acceptors (Lipinski definition) is 2. The second kappa shape index (κ2) is 6.77. The zero-order chi connectivity index (χ0) is 17.3. The monoisotopic (exact) mass is 386 g/mol. The van der Waals surface area contributed by atoms with E-state index in [1.165, 1.54) is 0 Å². The molecule has 0 aromatic heterocycles. The highest BCUT2D eigenvalue weighted by Crippen LogP contribution is 2.30. The third-order valence-corrected chi connectivity index (χ3v) is 5.00. The highest BCUT2D eigenvalue weighted by Gasteiger charge is 2.35. The summed E-state index contributed by atoms with van der Waals surface area (Å²) in [4.78, 5) is 26.6. The summed E-state index contributed by atoms with van der Waals surface area (Å²) in [5.74, 6) is -0.445. The molecule has 2 amide bonds. The second-order valence-electron chi connectivity index (χ2n) is 6.12. The normalized spacial score (nSPS) is 17.2. The van der Waals surface area contributed by atoms with E-state index >= 15 is 0 Å². The standard InChI is InChI=1S/C19H19BrN2O2/c1-12-4-3-5-17(13(12)2)22-11-14(10-18(22)23)19(24)21-16-8-6-15(20)7-9-16/h3-9,14H,10-11H2,1-2H3,(H,21,24)/t14-/m1/s1. The molecule has 24 heavy (non-hydrogen) atoms. The minimum absolute atomic E-state index is 0.000318. The molecule has 3 rings (SSSR count). The van der Waals surface area contributed by atoms with Gasteiger partial charge in [0.15, 0.2) is 0 Å². The molecule has 124 valence electrons. The SMILES string of the molecule is Cc1cccc(N2C[C@H](C(=O)Nc3ccc(Br)cc3)CC2=O)c1C. The van der Waals surface area contributed by atoms with Crippen molar-refractivity contribution < 1.29 is 9.59 Å². The van der Waals surface area contributed by atoms with Gasteiger partial charge >= 0.3 is 0 Å². The lowest BCUT2D eigenvalue weighted by molar-refractivity contribution is -0.122. The number of aryl methyl sites for hydroxylation is 1. The van der Waals surface area contributed by atoms with Crippen LogP contribution in [-0.2, 0) is 9.59 Å². The molecule has 1 fully saturated rings. The molecule has 1 aliphatic heterocycles. The van der Waals surface area contributed by atoms with Gasteiger partial charge < -0.3 is 10.2 Å². The van der Waals surface area contributed by atoms with Crippen LogP contribution in [-0.4, -0.2) is 18.4 Å². The molecule has 0 aliphatic carbocycles. The third-order valence-electron chi connectivity index (χ3n) is 4.47. The molecule has 4 nitrogen and oxygen atoms in total. The zero-order valence-corrected chi connectivity index (χ0v) is 15.3. The number of anilines is 2. The molecule has 2 aromatic carbocycles. The predicted octanol–water partition coefficient (Wildman–Crippen LogP) is 4.06. The molecule has 0 bridgehead atoms. The third kappa shape index (κ3) is 3.36. The molecule has 0 radical (unpaired) electrons. The summed E-state index contributed by atoms with van der Waals surface area (Å²) in [7, 11) is 0. The van der Waals surface area contributed by atoms with Crippen LogP contribution in [0.3, 0.4) is 0 Å². The number of rotatable bonds is 3. The molecule has 1 aliphatic rings. The van der Waals surface area contributed by atoms with Crippen molar-refractivity contribution in [2.45, 2.75) is 20.3 Å². The number of carbonyl (C=O) groups is 2. The quantitative estimate of drug-likeness (QED) is 0.864. The van der Waals surface area contributed by atoms with Crippen molar-refractivity contribution in [3.63, 3.8) is 0 Å². The summed E-state index contributed by atoms with van der Waals surface area (Å²) in [5.41, 5.74) is 3.86. The average Bonchev–Trinajstić information content (AvgIpc) is 2.94. The maximum Gasteiger partial charge on any atom is 0.229 e. The van der Waals surface area contributed by atoms with Crippen molar-refractivity contribution in [1.29, 1.82) is 0 Å². The molecule has 1 atom stereocenters. The molecule has 1 N–H and O–H groups in total. The van der Waals surface area contributed by atoms with Gasteiger partial charge in [-0.2, -0.15) is 0 Å². The minimum Gasteiger partial charge on any atom is -0.326 e. The van der Waals surface area contributed by atoms with E-state index in [0.29, 0.717) is 6.54 Å². The van der Waals surface area contributed by atoms with E-state index in [4.69, 9.17) is 0 Å². The van der Waals surface area contributed by atoms with Crippen LogP contribution in [0.5, 0.6) is 0 Å². The molecular formula is C19H19BrN2O2. The Morgan fingerprint density at radius 3 is 2.58 bits per heavy atom. The predicted molar refractivity (Wildman–Crippen MR) is 99.1 cm³/mol. The topological polar surface area (TPSA) is 49.4 Å². The lowest BCUT2D eigenvalue weighted by Gasteiger charge is -2.20. The number of benzene rings is 2. The summed E-state index contributed by atoms with van der Waals surface area (Å²) < 4.78 is 0.956. The van der Waals surface area contributed by atoms with Crippen LogP contribution in [0.4, 0.5) is 11.4 Å². The van der Waals surface area contributed by atoms with Crippen molar-refractivity contribution in [3.8, 4) is 0 Å². The van der Waals surface area contributed by atoms with Crippen LogP contribution in [0.15, 0.2) is 46.9 Å². The van der Waals surface area contributed by atoms with Gasteiger partial charge in [-0.05, 0) is 55.3 Å². The first-order chi connectivity index (χ1) is 11.5. The van der Waals surface area contributed by atoms with Crippen molar-refractivity contribution >= 4 is 39.1 Å². The smallest absolute Gasteiger partial charge is 0.229 e. The van der Waals surface area contributed by atoms with E-state index in [0.717, 1.165) is 27.0 Å². The first-order valence-corrected chi connectivity index (χ1v) is 8.68. The van der Waals surface area contributed by atoms with Crippen molar-refractivity contribution in [2.75, 3.05) is 16.8 Å². The van der Waals surface area contributed by atoms with Crippen LogP contribution in [0.1, 0.15) is 17.5 Å². The highest BCUT2D eigenvalue weighted by molar-refractivity contribution is 9.10. The van der Waals surface area contributed by atoms with Crippen LogP contribution in [0, 0.1) is 19.8 Å². The average molecular weight is 387 g/mol. The Hall–Kier alpha value is -2.14. The van der Waals surface area contributed by atoms with Crippen LogP contribution in [0.25, 0.3) is 0 Å². The van der Waals surface area contributed by atoms with Crippen molar-refractivity contribution in [3.05, 3.63) is 58.1 Å². The van der Waals surface area contributed by atoms with Gasteiger partial charge in [-0.15, -0.1) is 0 Å². The Bertz CT molecular complexity index is 786. The molecule has 5 heteroatoms. The Kier molecular flexibility index (Phi) is 4.71. The molecule has 2 aromatic rings. The lowest BCUT2D eigenvalue weighted by Crippen LogP contribution is -2.28. The van der Waals surface area contributed by atoms with Gasteiger partial charge in [0.05, 0.1) is 5.92 Å². The first kappa shape index (κ1) is 16.7. The summed E-state index contributed by atoms with van der Waals surface area (Å²) >= 11 is 3.37. The fourth-order valence-corrected chi connectivity index (χ4v) is 3.19. The van der Waals surface area contributed by atoms with Gasteiger partial charge in [0.25, 0.3) is 0 Å². The molecule has 0 saturated carbocycles. The first-order valence-electron chi connectivity index (χ1n) is 7.88. The fraction of sp³-hybridized carbons (Fsp3) is 0.263. The van der Waals surface area contributed by atoms with E-state index in [1.807, 2.05) is 56.3 Å². The van der Waals surface area contributed by atoms with E-state index in [9.17, 15) is 9.59 Å². The number of nitrogens with zero attached hydrogens (tertiary/aromatic N) is 1. The van der Waals surface area contributed by atoms with Gasteiger partial charge in [-0.3, -0.25) is 9.59 Å². The van der Waals surface area contributed by atoms with Gasteiger partial charge in [-0.25, -0.2) is 0 Å². The summed E-state index contributed by atoms with van der Waals surface area (Å²) in [5, 5.41) is 2.89. The van der Waals surface area contributed by atoms with E-state index in [1.54, 1.807) is 4.90 Å². The Morgan fingerprint density at radius 1 is 1.17 bits per heavy atom. The van der Waals surface area contributed by atoms with Gasteiger partial charge in [0.1, 0.15) is 0 Å². The van der Waals surface area contributed by atoms with Gasteiger partial charge in [0.2, 0.25) is 11.8 Å². The maximum atomic E-state index is 12.5. The van der Waals surface area contributed by atoms with Crippen molar-refractivity contribution in [1.82, 2.24) is 0 Å². The highest BCUT2D eigenvalue weighted by atomic mass is 79.9. The maximum absolute atomic E-state index is 12.5. The molecule has 1 heterocycles. The van der Waals surface area contributed by atoms with E-state index in [-0.39, 0.29) is 24.2 Å². The number of nitrogens with one attached hydrogen (secondary N) is 1. The Balaban J connectivity index is 1.73. The minimum atomic E-state index is -0.332. The molecule has 0 unspecified atom stereocenters. The number of halogens is 1. The Morgan fingerprint density at radius 2 is 1.88 bits per heavy atom.